The van der Waals surface area contributed by atoms with Crippen molar-refractivity contribution in [3.8, 4) is 0 Å². The minimum absolute atomic E-state index is 0.0259. The third-order valence-corrected chi connectivity index (χ3v) is 5.72. The SMILES string of the molecule is CC1(C)CC1(CO)c1ccc(C2CCCCC2)cc1. The van der Waals surface area contributed by atoms with Crippen molar-refractivity contribution in [2.45, 2.75) is 63.7 Å². The summed E-state index contributed by atoms with van der Waals surface area (Å²) < 4.78 is 0. The van der Waals surface area contributed by atoms with Gasteiger partial charge in [-0.25, -0.2) is 0 Å². The Morgan fingerprint density at radius 2 is 1.63 bits per heavy atom. The highest BCUT2D eigenvalue weighted by Gasteiger charge is 2.61. The second-order valence-corrected chi connectivity index (χ2v) is 7.26. The molecule has 2 saturated carbocycles. The quantitative estimate of drug-likeness (QED) is 0.852. The van der Waals surface area contributed by atoms with Gasteiger partial charge in [-0.05, 0) is 41.7 Å². The molecule has 1 N–H and O–H groups in total. The summed E-state index contributed by atoms with van der Waals surface area (Å²) in [5.74, 6) is 0.778. The van der Waals surface area contributed by atoms with Crippen LogP contribution in [0.5, 0.6) is 0 Å². The Kier molecular flexibility index (Phi) is 3.21. The van der Waals surface area contributed by atoms with Gasteiger partial charge < -0.3 is 5.11 Å². The van der Waals surface area contributed by atoms with Gasteiger partial charge in [0.05, 0.1) is 6.61 Å². The summed E-state index contributed by atoms with van der Waals surface area (Å²) in [5, 5.41) is 9.76. The molecule has 2 fully saturated rings. The fourth-order valence-electron chi connectivity index (χ4n) is 4.07. The van der Waals surface area contributed by atoms with Crippen molar-refractivity contribution < 1.29 is 5.11 Å². The van der Waals surface area contributed by atoms with Crippen molar-refractivity contribution in [1.29, 1.82) is 0 Å². The Labute approximate surface area is 117 Å². The summed E-state index contributed by atoms with van der Waals surface area (Å²) in [7, 11) is 0. The molecule has 0 radical (unpaired) electrons. The van der Waals surface area contributed by atoms with E-state index in [2.05, 4.69) is 38.1 Å². The average molecular weight is 258 g/mol. The van der Waals surface area contributed by atoms with Crippen molar-refractivity contribution in [3.63, 3.8) is 0 Å². The van der Waals surface area contributed by atoms with Crippen molar-refractivity contribution >= 4 is 0 Å². The normalized spacial score (nSPS) is 30.3. The Balaban J connectivity index is 1.79. The first-order valence-corrected chi connectivity index (χ1v) is 7.80. The van der Waals surface area contributed by atoms with Gasteiger partial charge in [0.25, 0.3) is 0 Å². The van der Waals surface area contributed by atoms with Crippen molar-refractivity contribution in [1.82, 2.24) is 0 Å². The number of aliphatic hydroxyl groups excluding tert-OH is 1. The van der Waals surface area contributed by atoms with E-state index in [1.807, 2.05) is 0 Å². The van der Waals surface area contributed by atoms with Gasteiger partial charge in [0, 0.05) is 5.41 Å². The summed E-state index contributed by atoms with van der Waals surface area (Å²) in [6.45, 7) is 4.80. The van der Waals surface area contributed by atoms with Crippen LogP contribution in [0.2, 0.25) is 0 Å². The van der Waals surface area contributed by atoms with Crippen molar-refractivity contribution in [3.05, 3.63) is 35.4 Å². The smallest absolute Gasteiger partial charge is 0.0533 e. The zero-order valence-electron chi connectivity index (χ0n) is 12.3. The molecule has 0 aromatic heterocycles. The monoisotopic (exact) mass is 258 g/mol. The molecule has 19 heavy (non-hydrogen) atoms. The minimum Gasteiger partial charge on any atom is -0.395 e. The molecule has 0 saturated heterocycles. The first-order chi connectivity index (χ1) is 9.09. The number of rotatable bonds is 3. The van der Waals surface area contributed by atoms with Crippen LogP contribution in [0.4, 0.5) is 0 Å². The maximum Gasteiger partial charge on any atom is 0.0533 e. The Hall–Kier alpha value is -0.820. The molecule has 3 rings (SSSR count). The van der Waals surface area contributed by atoms with Crippen LogP contribution >= 0.6 is 0 Å². The van der Waals surface area contributed by atoms with Crippen LogP contribution in [0.15, 0.2) is 24.3 Å². The van der Waals surface area contributed by atoms with Crippen LogP contribution in [-0.2, 0) is 5.41 Å². The fraction of sp³-hybridized carbons (Fsp3) is 0.667. The van der Waals surface area contributed by atoms with Gasteiger partial charge in [-0.3, -0.25) is 0 Å². The zero-order valence-corrected chi connectivity index (χ0v) is 12.3. The molecule has 2 aliphatic carbocycles. The van der Waals surface area contributed by atoms with E-state index in [0.29, 0.717) is 0 Å². The third kappa shape index (κ3) is 2.12. The topological polar surface area (TPSA) is 20.2 Å². The van der Waals surface area contributed by atoms with Crippen LogP contribution in [0.1, 0.15) is 69.4 Å². The maximum atomic E-state index is 9.76. The largest absolute Gasteiger partial charge is 0.395 e. The molecular weight excluding hydrogens is 232 g/mol. The Morgan fingerprint density at radius 1 is 1.05 bits per heavy atom. The second-order valence-electron chi connectivity index (χ2n) is 7.26. The minimum atomic E-state index is 0.0259. The average Bonchev–Trinajstić information content (AvgIpc) is 3.03. The van der Waals surface area contributed by atoms with Crippen molar-refractivity contribution in [2.75, 3.05) is 6.61 Å². The lowest BCUT2D eigenvalue weighted by atomic mass is 9.82. The van der Waals surface area contributed by atoms with E-state index >= 15 is 0 Å². The first-order valence-electron chi connectivity index (χ1n) is 7.80. The highest BCUT2D eigenvalue weighted by atomic mass is 16.3. The molecule has 0 heterocycles. The molecule has 104 valence electrons. The Bertz CT molecular complexity index is 439. The molecule has 1 aromatic carbocycles. The molecule has 1 nitrogen and oxygen atoms in total. The molecule has 1 unspecified atom stereocenters. The van der Waals surface area contributed by atoms with E-state index in [4.69, 9.17) is 0 Å². The standard InChI is InChI=1S/C18H26O/c1-17(2)12-18(17,13-19)16-10-8-15(9-11-16)14-6-4-3-5-7-14/h8-11,14,19H,3-7,12-13H2,1-2H3. The highest BCUT2D eigenvalue weighted by molar-refractivity contribution is 5.39. The van der Waals surface area contributed by atoms with E-state index in [-0.39, 0.29) is 17.4 Å². The van der Waals surface area contributed by atoms with E-state index in [9.17, 15) is 5.11 Å². The number of aliphatic hydroxyl groups is 1. The molecule has 1 atom stereocenters. The van der Waals surface area contributed by atoms with Crippen LogP contribution in [-0.4, -0.2) is 11.7 Å². The van der Waals surface area contributed by atoms with Gasteiger partial charge in [0.2, 0.25) is 0 Å². The van der Waals surface area contributed by atoms with Crippen LogP contribution in [0.3, 0.4) is 0 Å². The number of hydrogen-bond donors (Lipinski definition) is 1. The van der Waals surface area contributed by atoms with Gasteiger partial charge >= 0.3 is 0 Å². The van der Waals surface area contributed by atoms with E-state index in [1.54, 1.807) is 0 Å². The lowest BCUT2D eigenvalue weighted by Gasteiger charge is -2.23. The van der Waals surface area contributed by atoms with Gasteiger partial charge in [-0.1, -0.05) is 57.4 Å². The highest BCUT2D eigenvalue weighted by Crippen LogP contribution is 2.63. The van der Waals surface area contributed by atoms with Crippen LogP contribution in [0, 0.1) is 5.41 Å². The second kappa shape index (κ2) is 4.63. The predicted molar refractivity (Wildman–Crippen MR) is 79.4 cm³/mol. The zero-order chi connectivity index (χ0) is 13.5. The lowest BCUT2D eigenvalue weighted by Crippen LogP contribution is -2.19. The van der Waals surface area contributed by atoms with Crippen LogP contribution in [0.25, 0.3) is 0 Å². The van der Waals surface area contributed by atoms with E-state index in [1.165, 1.54) is 43.2 Å². The summed E-state index contributed by atoms with van der Waals surface area (Å²) in [5.41, 5.74) is 3.13. The van der Waals surface area contributed by atoms with E-state index < -0.39 is 0 Å². The fourth-order valence-corrected chi connectivity index (χ4v) is 4.07. The van der Waals surface area contributed by atoms with Gasteiger partial charge in [0.15, 0.2) is 0 Å². The lowest BCUT2D eigenvalue weighted by molar-refractivity contribution is 0.231. The molecule has 1 aromatic rings. The molecule has 0 amide bonds. The molecule has 0 aliphatic heterocycles. The molecule has 2 aliphatic rings. The summed E-state index contributed by atoms with van der Waals surface area (Å²) in [4.78, 5) is 0. The maximum absolute atomic E-state index is 9.76. The third-order valence-electron chi connectivity index (χ3n) is 5.72. The Morgan fingerprint density at radius 3 is 2.11 bits per heavy atom. The van der Waals surface area contributed by atoms with Crippen molar-refractivity contribution in [2.24, 2.45) is 5.41 Å². The summed E-state index contributed by atoms with van der Waals surface area (Å²) >= 11 is 0. The number of benzene rings is 1. The molecule has 0 bridgehead atoms. The predicted octanol–water partition coefficient (Wildman–Crippen LogP) is 4.39. The van der Waals surface area contributed by atoms with E-state index in [0.717, 1.165) is 12.3 Å². The molecular formula is C18H26O. The number of hydrogen-bond acceptors (Lipinski definition) is 1. The summed E-state index contributed by atoms with van der Waals surface area (Å²) in [6, 6.07) is 9.18. The van der Waals surface area contributed by atoms with Crippen LogP contribution < -0.4 is 0 Å². The van der Waals surface area contributed by atoms with Gasteiger partial charge in [-0.2, -0.15) is 0 Å². The molecule has 0 spiro atoms. The first kappa shape index (κ1) is 13.2. The summed E-state index contributed by atoms with van der Waals surface area (Å²) in [6.07, 6.45) is 8.02. The van der Waals surface area contributed by atoms with Gasteiger partial charge in [0.1, 0.15) is 0 Å². The molecule has 1 heteroatoms. The van der Waals surface area contributed by atoms with Gasteiger partial charge in [-0.15, -0.1) is 0 Å².